The van der Waals surface area contributed by atoms with E-state index in [1.54, 1.807) is 0 Å². The minimum absolute atomic E-state index is 0.000217. The molecule has 0 spiro atoms. The first-order valence-electron chi connectivity index (χ1n) is 12.5. The second kappa shape index (κ2) is 10.9. The van der Waals surface area contributed by atoms with Gasteiger partial charge in [0.05, 0.1) is 6.42 Å². The summed E-state index contributed by atoms with van der Waals surface area (Å²) in [7, 11) is 0. The summed E-state index contributed by atoms with van der Waals surface area (Å²) in [5.74, 6) is -1.29. The molecule has 0 bridgehead atoms. The van der Waals surface area contributed by atoms with Crippen molar-refractivity contribution in [3.8, 4) is 11.1 Å². The number of rotatable bonds is 8. The summed E-state index contributed by atoms with van der Waals surface area (Å²) in [4.78, 5) is 36.6. The lowest BCUT2D eigenvalue weighted by Crippen LogP contribution is -2.46. The molecule has 0 aliphatic heterocycles. The second-order valence-corrected chi connectivity index (χ2v) is 9.99. The SMILES string of the molecule is CC(C)C(CC(=O)O)NC(=O)[C@@H]1CCC[C@@H](NC(=O)OCC2c3ccccc3-c3ccccc32)C1. The molecule has 3 N–H and O–H groups in total. The van der Waals surface area contributed by atoms with Gasteiger partial charge in [0.1, 0.15) is 6.61 Å². The first-order chi connectivity index (χ1) is 16.8. The lowest BCUT2D eigenvalue weighted by atomic mass is 9.84. The maximum absolute atomic E-state index is 12.8. The number of benzene rings is 2. The first-order valence-corrected chi connectivity index (χ1v) is 12.5. The molecule has 0 heterocycles. The number of ether oxygens (including phenoxy) is 1. The van der Waals surface area contributed by atoms with Crippen LogP contribution in [-0.2, 0) is 14.3 Å². The van der Waals surface area contributed by atoms with E-state index in [1.807, 2.05) is 38.1 Å². The fourth-order valence-electron chi connectivity index (χ4n) is 5.31. The lowest BCUT2D eigenvalue weighted by Gasteiger charge is -2.30. The van der Waals surface area contributed by atoms with Gasteiger partial charge in [-0.2, -0.15) is 0 Å². The molecule has 1 fully saturated rings. The van der Waals surface area contributed by atoms with Crippen LogP contribution in [0.15, 0.2) is 48.5 Å². The molecule has 186 valence electrons. The highest BCUT2D eigenvalue weighted by atomic mass is 16.5. The van der Waals surface area contributed by atoms with E-state index in [4.69, 9.17) is 9.84 Å². The summed E-state index contributed by atoms with van der Waals surface area (Å²) in [6.45, 7) is 4.05. The molecule has 7 nitrogen and oxygen atoms in total. The number of nitrogens with one attached hydrogen (secondary N) is 2. The molecular formula is C28H34N2O5. The van der Waals surface area contributed by atoms with Crippen molar-refractivity contribution in [3.63, 3.8) is 0 Å². The first kappa shape index (κ1) is 24.8. The molecule has 35 heavy (non-hydrogen) atoms. The number of alkyl carbamates (subject to hydrolysis) is 1. The number of hydrogen-bond acceptors (Lipinski definition) is 4. The predicted octanol–water partition coefficient (Wildman–Crippen LogP) is 4.70. The van der Waals surface area contributed by atoms with Gasteiger partial charge in [-0.05, 0) is 47.4 Å². The molecule has 2 aromatic carbocycles. The van der Waals surface area contributed by atoms with Gasteiger partial charge in [-0.3, -0.25) is 9.59 Å². The maximum atomic E-state index is 12.8. The third-order valence-corrected chi connectivity index (χ3v) is 7.24. The van der Waals surface area contributed by atoms with Gasteiger partial charge in [0.15, 0.2) is 0 Å². The number of carbonyl (C=O) groups is 3. The Balaban J connectivity index is 1.31. The Morgan fingerprint density at radius 3 is 2.23 bits per heavy atom. The standard InChI is InChI=1S/C28H34N2O5/c1-17(2)25(15-26(31)32)30-27(33)18-8-7-9-19(14-18)29-28(34)35-16-24-22-12-5-3-10-20(22)21-11-4-6-13-23(21)24/h3-6,10-13,17-19,24-25H,7-9,14-16H2,1-2H3,(H,29,34)(H,30,33)(H,31,32)/t18-,19-,25?/m1/s1. The third kappa shape index (κ3) is 5.84. The smallest absolute Gasteiger partial charge is 0.407 e. The monoisotopic (exact) mass is 478 g/mol. The molecule has 2 aromatic rings. The number of aliphatic carboxylic acids is 1. The molecule has 2 aliphatic rings. The van der Waals surface area contributed by atoms with Crippen LogP contribution in [-0.4, -0.2) is 41.8 Å². The summed E-state index contributed by atoms with van der Waals surface area (Å²) in [5.41, 5.74) is 4.69. The van der Waals surface area contributed by atoms with Crippen molar-refractivity contribution >= 4 is 18.0 Å². The Kier molecular flexibility index (Phi) is 7.73. The molecule has 7 heteroatoms. The molecule has 4 rings (SSSR count). The van der Waals surface area contributed by atoms with Crippen LogP contribution < -0.4 is 10.6 Å². The van der Waals surface area contributed by atoms with Gasteiger partial charge in [-0.15, -0.1) is 0 Å². The molecule has 2 aliphatic carbocycles. The topological polar surface area (TPSA) is 105 Å². The van der Waals surface area contributed by atoms with Crippen LogP contribution in [0.4, 0.5) is 4.79 Å². The van der Waals surface area contributed by atoms with E-state index < -0.39 is 18.1 Å². The zero-order valence-electron chi connectivity index (χ0n) is 20.3. The van der Waals surface area contributed by atoms with E-state index in [9.17, 15) is 14.4 Å². The zero-order valence-corrected chi connectivity index (χ0v) is 20.3. The number of amides is 2. The summed E-state index contributed by atoms with van der Waals surface area (Å²) in [5, 5.41) is 15.0. The maximum Gasteiger partial charge on any atom is 0.407 e. The highest BCUT2D eigenvalue weighted by Gasteiger charge is 2.32. The number of carboxylic acid groups (broad SMARTS) is 1. The van der Waals surface area contributed by atoms with E-state index in [0.717, 1.165) is 30.4 Å². The molecule has 1 saturated carbocycles. The third-order valence-electron chi connectivity index (χ3n) is 7.24. The fraction of sp³-hybridized carbons (Fsp3) is 0.464. The predicted molar refractivity (Wildman–Crippen MR) is 133 cm³/mol. The van der Waals surface area contributed by atoms with Crippen molar-refractivity contribution in [1.82, 2.24) is 10.6 Å². The normalized spacial score (nSPS) is 20.0. The van der Waals surface area contributed by atoms with Crippen molar-refractivity contribution in [2.75, 3.05) is 6.61 Å². The second-order valence-electron chi connectivity index (χ2n) is 9.99. The van der Waals surface area contributed by atoms with Gasteiger partial charge in [0.25, 0.3) is 0 Å². The van der Waals surface area contributed by atoms with E-state index >= 15 is 0 Å². The number of carboxylic acids is 1. The largest absolute Gasteiger partial charge is 0.481 e. The van der Waals surface area contributed by atoms with Crippen LogP contribution in [0.3, 0.4) is 0 Å². The Labute approximate surface area is 206 Å². The van der Waals surface area contributed by atoms with E-state index in [2.05, 4.69) is 34.9 Å². The van der Waals surface area contributed by atoms with Crippen LogP contribution in [0.25, 0.3) is 11.1 Å². The van der Waals surface area contributed by atoms with Crippen molar-refractivity contribution in [1.29, 1.82) is 0 Å². The van der Waals surface area contributed by atoms with Crippen LogP contribution in [0.5, 0.6) is 0 Å². The van der Waals surface area contributed by atoms with Gasteiger partial charge in [0, 0.05) is 23.9 Å². The van der Waals surface area contributed by atoms with Crippen LogP contribution in [0.2, 0.25) is 0 Å². The van der Waals surface area contributed by atoms with Crippen LogP contribution in [0.1, 0.15) is 63.0 Å². The van der Waals surface area contributed by atoms with E-state index in [0.29, 0.717) is 6.42 Å². The Morgan fingerprint density at radius 2 is 1.63 bits per heavy atom. The van der Waals surface area contributed by atoms with Gasteiger partial charge in [0.2, 0.25) is 5.91 Å². The number of hydrogen-bond donors (Lipinski definition) is 3. The lowest BCUT2D eigenvalue weighted by molar-refractivity contribution is -0.138. The van der Waals surface area contributed by atoms with Crippen LogP contribution >= 0.6 is 0 Å². The van der Waals surface area contributed by atoms with Crippen molar-refractivity contribution < 1.29 is 24.2 Å². The quantitative estimate of drug-likeness (QED) is 0.510. The highest BCUT2D eigenvalue weighted by Crippen LogP contribution is 2.44. The van der Waals surface area contributed by atoms with Gasteiger partial charge in [-0.1, -0.05) is 68.8 Å². The molecule has 0 aromatic heterocycles. The molecule has 2 amide bonds. The molecule has 1 unspecified atom stereocenters. The van der Waals surface area contributed by atoms with Gasteiger partial charge < -0.3 is 20.5 Å². The summed E-state index contributed by atoms with van der Waals surface area (Å²) >= 11 is 0. The summed E-state index contributed by atoms with van der Waals surface area (Å²) in [6.07, 6.45) is 2.29. The molecular weight excluding hydrogens is 444 g/mol. The Hall–Kier alpha value is -3.35. The Morgan fingerprint density at radius 1 is 1.00 bits per heavy atom. The average Bonchev–Trinajstić information content (AvgIpc) is 3.16. The minimum Gasteiger partial charge on any atom is -0.481 e. The summed E-state index contributed by atoms with van der Waals surface area (Å²) in [6, 6.07) is 15.9. The number of carbonyl (C=O) groups excluding carboxylic acids is 2. The average molecular weight is 479 g/mol. The van der Waals surface area contributed by atoms with Crippen molar-refractivity contribution in [2.24, 2.45) is 11.8 Å². The Bertz CT molecular complexity index is 1040. The highest BCUT2D eigenvalue weighted by molar-refractivity contribution is 5.80. The zero-order chi connectivity index (χ0) is 24.9. The van der Waals surface area contributed by atoms with E-state index in [-0.39, 0.29) is 42.7 Å². The van der Waals surface area contributed by atoms with Crippen LogP contribution in [0, 0.1) is 11.8 Å². The van der Waals surface area contributed by atoms with Gasteiger partial charge >= 0.3 is 12.1 Å². The minimum atomic E-state index is -0.928. The van der Waals surface area contributed by atoms with Crippen molar-refractivity contribution in [2.45, 2.75) is 64.0 Å². The molecule has 0 radical (unpaired) electrons. The van der Waals surface area contributed by atoms with E-state index in [1.165, 1.54) is 11.1 Å². The fourth-order valence-corrected chi connectivity index (χ4v) is 5.31. The number of fused-ring (bicyclic) bond motifs is 3. The van der Waals surface area contributed by atoms with Gasteiger partial charge in [-0.25, -0.2) is 4.79 Å². The molecule has 3 atom stereocenters. The van der Waals surface area contributed by atoms with Crippen molar-refractivity contribution in [3.05, 3.63) is 59.7 Å². The summed E-state index contributed by atoms with van der Waals surface area (Å²) < 4.78 is 5.66. The molecule has 0 saturated heterocycles.